The molecule has 8 heteroatoms. The number of amides is 1. The van der Waals surface area contributed by atoms with Gasteiger partial charge >= 0.3 is 0 Å². The molecule has 0 saturated carbocycles. The van der Waals surface area contributed by atoms with Crippen molar-refractivity contribution in [3.8, 4) is 17.0 Å². The Balaban J connectivity index is 1.36. The summed E-state index contributed by atoms with van der Waals surface area (Å²) in [6.07, 6.45) is 1.31. The highest BCUT2D eigenvalue weighted by Crippen LogP contribution is 2.28. The van der Waals surface area contributed by atoms with E-state index in [9.17, 15) is 9.90 Å². The number of pyridine rings is 1. The van der Waals surface area contributed by atoms with Crippen molar-refractivity contribution < 1.29 is 9.90 Å². The molecule has 0 bridgehead atoms. The molecular weight excluding hydrogens is 392 g/mol. The molecule has 1 saturated heterocycles. The number of hydrogen-bond donors (Lipinski definition) is 3. The SMILES string of the molecule is CCN1CCN(CCCC(=O)Nc2n[nH]c3nc(-c4ccc(O)cc4)c(C)cc23)CC1. The third kappa shape index (κ3) is 5.03. The highest BCUT2D eigenvalue weighted by Gasteiger charge is 2.17. The summed E-state index contributed by atoms with van der Waals surface area (Å²) in [5.41, 5.74) is 3.33. The van der Waals surface area contributed by atoms with Crippen LogP contribution in [0.5, 0.6) is 5.75 Å². The Hall–Kier alpha value is -2.97. The lowest BCUT2D eigenvalue weighted by Gasteiger charge is -2.33. The second kappa shape index (κ2) is 9.45. The van der Waals surface area contributed by atoms with Gasteiger partial charge < -0.3 is 20.2 Å². The zero-order valence-corrected chi connectivity index (χ0v) is 18.2. The fourth-order valence-electron chi connectivity index (χ4n) is 4.04. The normalized spacial score (nSPS) is 15.4. The molecule has 2 aromatic heterocycles. The number of H-pyrrole nitrogens is 1. The second-order valence-corrected chi connectivity index (χ2v) is 8.10. The zero-order chi connectivity index (χ0) is 21.8. The van der Waals surface area contributed by atoms with E-state index in [1.165, 1.54) is 0 Å². The molecule has 4 rings (SSSR count). The molecule has 1 amide bonds. The van der Waals surface area contributed by atoms with Crippen LogP contribution in [0.1, 0.15) is 25.3 Å². The Morgan fingerprint density at radius 2 is 1.87 bits per heavy atom. The van der Waals surface area contributed by atoms with Gasteiger partial charge in [0.2, 0.25) is 5.91 Å². The second-order valence-electron chi connectivity index (χ2n) is 8.10. The predicted octanol–water partition coefficient (Wildman–Crippen LogP) is 3.00. The highest BCUT2D eigenvalue weighted by molar-refractivity contribution is 5.99. The number of nitrogens with one attached hydrogen (secondary N) is 2. The van der Waals surface area contributed by atoms with Gasteiger partial charge in [0.25, 0.3) is 0 Å². The zero-order valence-electron chi connectivity index (χ0n) is 18.2. The van der Waals surface area contributed by atoms with Crippen molar-refractivity contribution in [3.63, 3.8) is 0 Å². The maximum absolute atomic E-state index is 12.5. The summed E-state index contributed by atoms with van der Waals surface area (Å²) in [4.78, 5) is 22.0. The number of phenols is 1. The van der Waals surface area contributed by atoms with Crippen LogP contribution in [-0.4, -0.2) is 75.3 Å². The van der Waals surface area contributed by atoms with E-state index in [4.69, 9.17) is 0 Å². The van der Waals surface area contributed by atoms with E-state index in [0.29, 0.717) is 17.9 Å². The molecule has 8 nitrogen and oxygen atoms in total. The van der Waals surface area contributed by atoms with Gasteiger partial charge in [-0.1, -0.05) is 6.92 Å². The van der Waals surface area contributed by atoms with Gasteiger partial charge in [-0.25, -0.2) is 4.98 Å². The molecule has 3 aromatic rings. The van der Waals surface area contributed by atoms with E-state index in [-0.39, 0.29) is 11.7 Å². The quantitative estimate of drug-likeness (QED) is 0.542. The van der Waals surface area contributed by atoms with Crippen molar-refractivity contribution in [2.24, 2.45) is 0 Å². The molecule has 164 valence electrons. The third-order valence-corrected chi connectivity index (χ3v) is 5.93. The number of aromatic nitrogens is 3. The van der Waals surface area contributed by atoms with Gasteiger partial charge in [0.1, 0.15) is 5.75 Å². The fraction of sp³-hybridized carbons (Fsp3) is 0.435. The van der Waals surface area contributed by atoms with Crippen LogP contribution in [0.4, 0.5) is 5.82 Å². The molecule has 0 unspecified atom stereocenters. The number of piperazine rings is 1. The predicted molar refractivity (Wildman–Crippen MR) is 122 cm³/mol. The van der Waals surface area contributed by atoms with Crippen LogP contribution in [0.2, 0.25) is 0 Å². The van der Waals surface area contributed by atoms with Crippen molar-refractivity contribution >= 4 is 22.8 Å². The molecule has 0 spiro atoms. The first-order valence-electron chi connectivity index (χ1n) is 10.9. The molecule has 1 aliphatic heterocycles. The number of aromatic amines is 1. The first kappa shape index (κ1) is 21.3. The summed E-state index contributed by atoms with van der Waals surface area (Å²) >= 11 is 0. The van der Waals surface area contributed by atoms with Crippen LogP contribution >= 0.6 is 0 Å². The van der Waals surface area contributed by atoms with Gasteiger partial charge in [-0.3, -0.25) is 9.89 Å². The number of rotatable bonds is 7. The number of aromatic hydroxyl groups is 1. The van der Waals surface area contributed by atoms with Crippen molar-refractivity contribution in [3.05, 3.63) is 35.9 Å². The molecular formula is C23H30N6O2. The van der Waals surface area contributed by atoms with Crippen molar-refractivity contribution in [1.29, 1.82) is 0 Å². The van der Waals surface area contributed by atoms with E-state index in [1.807, 2.05) is 25.1 Å². The number of anilines is 1. The van der Waals surface area contributed by atoms with Crippen molar-refractivity contribution in [2.45, 2.75) is 26.7 Å². The molecule has 31 heavy (non-hydrogen) atoms. The molecule has 0 aliphatic carbocycles. The minimum Gasteiger partial charge on any atom is -0.508 e. The Morgan fingerprint density at radius 1 is 1.16 bits per heavy atom. The van der Waals surface area contributed by atoms with Crippen LogP contribution < -0.4 is 5.32 Å². The summed E-state index contributed by atoms with van der Waals surface area (Å²) in [6, 6.07) is 8.93. The number of phenolic OH excluding ortho intramolecular Hbond substituents is 1. The Bertz CT molecular complexity index is 1040. The Labute approximate surface area is 182 Å². The van der Waals surface area contributed by atoms with E-state index in [0.717, 1.165) is 67.9 Å². The van der Waals surface area contributed by atoms with Gasteiger partial charge in [0.15, 0.2) is 11.5 Å². The number of likely N-dealkylation sites (N-methyl/N-ethyl adjacent to an activating group) is 1. The summed E-state index contributed by atoms with van der Waals surface area (Å²) in [6.45, 7) is 10.6. The molecule has 1 fully saturated rings. The lowest BCUT2D eigenvalue weighted by molar-refractivity contribution is -0.116. The van der Waals surface area contributed by atoms with Gasteiger partial charge in [-0.2, -0.15) is 5.10 Å². The summed E-state index contributed by atoms with van der Waals surface area (Å²) in [5.74, 6) is 0.711. The Morgan fingerprint density at radius 3 is 2.58 bits per heavy atom. The smallest absolute Gasteiger partial charge is 0.225 e. The monoisotopic (exact) mass is 422 g/mol. The standard InChI is InChI=1S/C23H30N6O2/c1-3-28-11-13-29(14-12-28)10-4-5-20(31)24-22-19-15-16(2)21(25-23(19)27-26-22)17-6-8-18(30)9-7-17/h6-9,15,30H,3-5,10-14H2,1-2H3,(H2,24,25,26,27,31). The van der Waals surface area contributed by atoms with Crippen LogP contribution in [-0.2, 0) is 4.79 Å². The van der Waals surface area contributed by atoms with E-state index in [2.05, 4.69) is 37.2 Å². The molecule has 3 N–H and O–H groups in total. The largest absolute Gasteiger partial charge is 0.508 e. The number of carbonyl (C=O) groups excluding carboxylic acids is 1. The number of aryl methyl sites for hydroxylation is 1. The van der Waals surface area contributed by atoms with Crippen LogP contribution in [0.3, 0.4) is 0 Å². The maximum atomic E-state index is 12.5. The van der Waals surface area contributed by atoms with E-state index < -0.39 is 0 Å². The molecule has 1 aliphatic rings. The minimum atomic E-state index is -0.0270. The number of carbonyl (C=O) groups is 1. The topological polar surface area (TPSA) is 97.4 Å². The van der Waals surface area contributed by atoms with Crippen LogP contribution in [0.15, 0.2) is 30.3 Å². The first-order valence-corrected chi connectivity index (χ1v) is 10.9. The Kier molecular flexibility index (Phi) is 6.48. The summed E-state index contributed by atoms with van der Waals surface area (Å²) in [5, 5.41) is 20.4. The highest BCUT2D eigenvalue weighted by atomic mass is 16.3. The minimum absolute atomic E-state index is 0.0270. The van der Waals surface area contributed by atoms with Crippen LogP contribution in [0, 0.1) is 6.92 Å². The average molecular weight is 423 g/mol. The first-order chi connectivity index (χ1) is 15.0. The van der Waals surface area contributed by atoms with E-state index in [1.54, 1.807) is 12.1 Å². The lowest BCUT2D eigenvalue weighted by atomic mass is 10.1. The molecule has 3 heterocycles. The van der Waals surface area contributed by atoms with Gasteiger partial charge in [0.05, 0.1) is 11.1 Å². The van der Waals surface area contributed by atoms with Crippen LogP contribution in [0.25, 0.3) is 22.3 Å². The summed E-state index contributed by atoms with van der Waals surface area (Å²) < 4.78 is 0. The fourth-order valence-corrected chi connectivity index (χ4v) is 4.04. The maximum Gasteiger partial charge on any atom is 0.225 e. The average Bonchev–Trinajstić information content (AvgIpc) is 3.15. The number of fused-ring (bicyclic) bond motifs is 1. The van der Waals surface area contributed by atoms with Crippen molar-refractivity contribution in [2.75, 3.05) is 44.6 Å². The van der Waals surface area contributed by atoms with E-state index >= 15 is 0 Å². The third-order valence-electron chi connectivity index (χ3n) is 5.93. The lowest BCUT2D eigenvalue weighted by Crippen LogP contribution is -2.46. The van der Waals surface area contributed by atoms with Gasteiger partial charge in [-0.05, 0) is 62.3 Å². The molecule has 1 aromatic carbocycles. The molecule has 0 atom stereocenters. The number of hydrogen-bond acceptors (Lipinski definition) is 6. The molecule has 0 radical (unpaired) electrons. The van der Waals surface area contributed by atoms with Crippen molar-refractivity contribution in [1.82, 2.24) is 25.0 Å². The number of nitrogens with zero attached hydrogens (tertiary/aromatic N) is 4. The van der Waals surface area contributed by atoms with Gasteiger partial charge in [-0.15, -0.1) is 0 Å². The van der Waals surface area contributed by atoms with Gasteiger partial charge in [0, 0.05) is 38.2 Å². The summed E-state index contributed by atoms with van der Waals surface area (Å²) in [7, 11) is 0. The number of benzene rings is 1.